The summed E-state index contributed by atoms with van der Waals surface area (Å²) >= 11 is 0. The molecule has 0 saturated carbocycles. The minimum atomic E-state index is -0.207. The summed E-state index contributed by atoms with van der Waals surface area (Å²) in [5.74, 6) is -0.207. The lowest BCUT2D eigenvalue weighted by Gasteiger charge is -2.09. The zero-order valence-electron chi connectivity index (χ0n) is 12.3. The minimum Gasteiger partial charge on any atom is -0.469 e. The van der Waals surface area contributed by atoms with Crippen LogP contribution >= 0.6 is 0 Å². The van der Waals surface area contributed by atoms with E-state index in [1.807, 2.05) is 12.1 Å². The molecule has 2 aromatic carbocycles. The Morgan fingerprint density at radius 2 is 1.70 bits per heavy atom. The molecular formula is C18H20O2. The zero-order chi connectivity index (χ0) is 14.5. The van der Waals surface area contributed by atoms with Crippen LogP contribution in [0.25, 0.3) is 11.1 Å². The van der Waals surface area contributed by atoms with Crippen molar-refractivity contribution in [3.8, 4) is 11.1 Å². The summed E-state index contributed by atoms with van der Waals surface area (Å²) in [5.41, 5.74) is 6.03. The first-order chi connectivity index (χ1) is 9.63. The molecule has 0 aliphatic rings. The Balaban J connectivity index is 2.23. The second-order valence-electron chi connectivity index (χ2n) is 4.95. The quantitative estimate of drug-likeness (QED) is 0.785. The molecule has 104 valence electrons. The molecule has 2 rings (SSSR count). The first-order valence-electron chi connectivity index (χ1n) is 6.89. The number of hydrogen-bond acceptors (Lipinski definition) is 2. The Morgan fingerprint density at radius 3 is 2.25 bits per heavy atom. The summed E-state index contributed by atoms with van der Waals surface area (Å²) in [4.78, 5) is 11.2. The van der Waals surface area contributed by atoms with Gasteiger partial charge in [-0.05, 0) is 41.2 Å². The highest BCUT2D eigenvalue weighted by atomic mass is 16.5. The number of aryl methyl sites for hydroxylation is 2. The molecule has 0 aliphatic carbocycles. The molecule has 0 spiro atoms. The number of methoxy groups -OCH3 is 1. The van der Waals surface area contributed by atoms with Crippen LogP contribution in [0.2, 0.25) is 0 Å². The summed E-state index contributed by atoms with van der Waals surface area (Å²) < 4.78 is 4.67. The minimum absolute atomic E-state index is 0.207. The maximum absolute atomic E-state index is 11.2. The van der Waals surface area contributed by atoms with Gasteiger partial charge < -0.3 is 4.74 Å². The molecule has 2 heteroatoms. The molecule has 20 heavy (non-hydrogen) atoms. The van der Waals surface area contributed by atoms with Gasteiger partial charge in [0.25, 0.3) is 0 Å². The summed E-state index contributed by atoms with van der Waals surface area (Å²) in [6, 6.07) is 14.7. The molecule has 0 N–H and O–H groups in total. The molecule has 0 bridgehead atoms. The molecule has 2 aromatic rings. The summed E-state index contributed by atoms with van der Waals surface area (Å²) in [6.07, 6.45) is 1.38. The van der Waals surface area contributed by atoms with Crippen molar-refractivity contribution in [2.24, 2.45) is 0 Å². The number of carbonyl (C=O) groups excluding carboxylic acids is 1. The van der Waals surface area contributed by atoms with Crippen LogP contribution in [0.5, 0.6) is 0 Å². The predicted molar refractivity (Wildman–Crippen MR) is 81.7 cm³/mol. The van der Waals surface area contributed by atoms with Crippen molar-refractivity contribution in [1.82, 2.24) is 0 Å². The highest BCUT2D eigenvalue weighted by molar-refractivity contribution is 5.73. The van der Waals surface area contributed by atoms with Crippen LogP contribution in [0.4, 0.5) is 0 Å². The van der Waals surface area contributed by atoms with Crippen LogP contribution in [0, 0.1) is 6.92 Å². The van der Waals surface area contributed by atoms with Gasteiger partial charge in [0.05, 0.1) is 13.5 Å². The van der Waals surface area contributed by atoms with Gasteiger partial charge in [-0.2, -0.15) is 0 Å². The van der Waals surface area contributed by atoms with Gasteiger partial charge >= 0.3 is 5.97 Å². The van der Waals surface area contributed by atoms with Crippen molar-refractivity contribution in [1.29, 1.82) is 0 Å². The van der Waals surface area contributed by atoms with Crippen molar-refractivity contribution in [3.63, 3.8) is 0 Å². The third kappa shape index (κ3) is 3.27. The molecule has 0 aromatic heterocycles. The van der Waals surface area contributed by atoms with Crippen LogP contribution in [-0.4, -0.2) is 13.1 Å². The van der Waals surface area contributed by atoms with Crippen LogP contribution in [0.1, 0.15) is 23.6 Å². The molecule has 0 radical (unpaired) electrons. The Morgan fingerprint density at radius 1 is 1.05 bits per heavy atom. The zero-order valence-corrected chi connectivity index (χ0v) is 12.3. The fourth-order valence-corrected chi connectivity index (χ4v) is 2.31. The van der Waals surface area contributed by atoms with Crippen molar-refractivity contribution in [3.05, 3.63) is 59.2 Å². The van der Waals surface area contributed by atoms with Crippen molar-refractivity contribution in [2.75, 3.05) is 7.11 Å². The monoisotopic (exact) mass is 268 g/mol. The molecule has 0 saturated heterocycles. The highest BCUT2D eigenvalue weighted by Gasteiger charge is 2.05. The van der Waals surface area contributed by atoms with E-state index >= 15 is 0 Å². The number of hydrogen-bond donors (Lipinski definition) is 0. The lowest BCUT2D eigenvalue weighted by molar-refractivity contribution is -0.139. The topological polar surface area (TPSA) is 26.3 Å². The van der Waals surface area contributed by atoms with Crippen molar-refractivity contribution < 1.29 is 9.53 Å². The Hall–Kier alpha value is -2.09. The molecule has 0 fully saturated rings. The summed E-state index contributed by atoms with van der Waals surface area (Å²) in [6.45, 7) is 4.30. The van der Waals surface area contributed by atoms with Gasteiger partial charge in [0, 0.05) is 0 Å². The number of esters is 1. The van der Waals surface area contributed by atoms with E-state index in [2.05, 4.69) is 48.9 Å². The molecule has 0 aliphatic heterocycles. The molecule has 2 nitrogen and oxygen atoms in total. The first-order valence-corrected chi connectivity index (χ1v) is 6.89. The van der Waals surface area contributed by atoms with Crippen molar-refractivity contribution in [2.45, 2.75) is 26.7 Å². The number of rotatable bonds is 4. The second-order valence-corrected chi connectivity index (χ2v) is 4.95. The molecule has 0 unspecified atom stereocenters. The van der Waals surface area contributed by atoms with Crippen LogP contribution < -0.4 is 0 Å². The summed E-state index contributed by atoms with van der Waals surface area (Å²) in [7, 11) is 1.41. The van der Waals surface area contributed by atoms with E-state index in [9.17, 15) is 4.79 Å². The third-order valence-corrected chi connectivity index (χ3v) is 3.54. The normalized spacial score (nSPS) is 10.3. The average molecular weight is 268 g/mol. The van der Waals surface area contributed by atoms with Gasteiger partial charge in [-0.25, -0.2) is 0 Å². The van der Waals surface area contributed by atoms with Crippen LogP contribution in [0.3, 0.4) is 0 Å². The van der Waals surface area contributed by atoms with Gasteiger partial charge in [0.15, 0.2) is 0 Å². The first kappa shape index (κ1) is 14.3. The Kier molecular flexibility index (Phi) is 4.57. The smallest absolute Gasteiger partial charge is 0.309 e. The predicted octanol–water partition coefficient (Wildman–Crippen LogP) is 3.94. The van der Waals surface area contributed by atoms with Gasteiger partial charge in [-0.3, -0.25) is 4.79 Å². The van der Waals surface area contributed by atoms with E-state index in [1.54, 1.807) is 0 Å². The van der Waals surface area contributed by atoms with E-state index in [0.717, 1.165) is 12.0 Å². The fraction of sp³-hybridized carbons (Fsp3) is 0.278. The molecule has 0 amide bonds. The van der Waals surface area contributed by atoms with Gasteiger partial charge in [0.1, 0.15) is 0 Å². The maximum Gasteiger partial charge on any atom is 0.309 e. The van der Waals surface area contributed by atoms with E-state index in [1.165, 1.54) is 29.4 Å². The van der Waals surface area contributed by atoms with E-state index in [0.29, 0.717) is 6.42 Å². The average Bonchev–Trinajstić information content (AvgIpc) is 2.48. The number of benzene rings is 2. The van der Waals surface area contributed by atoms with Gasteiger partial charge in [0.2, 0.25) is 0 Å². The lowest BCUT2D eigenvalue weighted by atomic mass is 9.96. The lowest BCUT2D eigenvalue weighted by Crippen LogP contribution is -2.04. The van der Waals surface area contributed by atoms with E-state index in [4.69, 9.17) is 0 Å². The summed E-state index contributed by atoms with van der Waals surface area (Å²) in [5, 5.41) is 0. The van der Waals surface area contributed by atoms with Crippen molar-refractivity contribution >= 4 is 5.97 Å². The SMILES string of the molecule is CCc1ccc(-c2ccc(CC(=O)OC)cc2)c(C)c1. The molecular weight excluding hydrogens is 248 g/mol. The Labute approximate surface area is 120 Å². The number of carbonyl (C=O) groups is 1. The fourth-order valence-electron chi connectivity index (χ4n) is 2.31. The Bertz CT molecular complexity index is 597. The highest BCUT2D eigenvalue weighted by Crippen LogP contribution is 2.25. The van der Waals surface area contributed by atoms with Gasteiger partial charge in [-0.1, -0.05) is 49.4 Å². The second kappa shape index (κ2) is 6.38. The molecule has 0 heterocycles. The van der Waals surface area contributed by atoms with Crippen LogP contribution in [-0.2, 0) is 22.4 Å². The maximum atomic E-state index is 11.2. The standard InChI is InChI=1S/C18H20O2/c1-4-14-7-10-17(13(2)11-14)16-8-5-15(6-9-16)12-18(19)20-3/h5-11H,4,12H2,1-3H3. The number of ether oxygens (including phenoxy) is 1. The van der Waals surface area contributed by atoms with E-state index < -0.39 is 0 Å². The van der Waals surface area contributed by atoms with Crippen LogP contribution in [0.15, 0.2) is 42.5 Å². The third-order valence-electron chi connectivity index (χ3n) is 3.54. The molecule has 0 atom stereocenters. The van der Waals surface area contributed by atoms with E-state index in [-0.39, 0.29) is 5.97 Å². The van der Waals surface area contributed by atoms with Gasteiger partial charge in [-0.15, -0.1) is 0 Å². The largest absolute Gasteiger partial charge is 0.469 e.